The van der Waals surface area contributed by atoms with Crippen molar-refractivity contribution in [3.8, 4) is 11.4 Å². The van der Waals surface area contributed by atoms with Gasteiger partial charge in [0.2, 0.25) is 0 Å². The van der Waals surface area contributed by atoms with Gasteiger partial charge in [0.15, 0.2) is 0 Å². The molecule has 2 aromatic carbocycles. The SMILES string of the molecule is Cc1nc2ccccn2c1-c1csc(C2(c3cccc(C(=O)Nc4ccccc4N)c3)CC2)n1. The molecule has 0 bridgehead atoms. The maximum atomic E-state index is 12.9. The van der Waals surface area contributed by atoms with E-state index >= 15 is 0 Å². The second-order valence-corrected chi connectivity index (χ2v) is 9.57. The molecular weight excluding hydrogens is 442 g/mol. The molecule has 1 amide bonds. The van der Waals surface area contributed by atoms with Gasteiger partial charge in [0.25, 0.3) is 5.91 Å². The highest BCUT2D eigenvalue weighted by atomic mass is 32.1. The lowest BCUT2D eigenvalue weighted by molar-refractivity contribution is 0.102. The Balaban J connectivity index is 1.32. The third-order valence-electron chi connectivity index (χ3n) is 6.50. The van der Waals surface area contributed by atoms with Gasteiger partial charge in [-0.05, 0) is 61.7 Å². The molecule has 3 N–H and O–H groups in total. The molecule has 1 aliphatic carbocycles. The van der Waals surface area contributed by atoms with E-state index in [1.54, 1.807) is 23.5 Å². The lowest BCUT2D eigenvalue weighted by Gasteiger charge is -2.14. The number of pyridine rings is 1. The van der Waals surface area contributed by atoms with Crippen molar-refractivity contribution in [2.75, 3.05) is 11.1 Å². The second-order valence-electron chi connectivity index (χ2n) is 8.72. The summed E-state index contributed by atoms with van der Waals surface area (Å²) in [6.07, 6.45) is 4.06. The van der Waals surface area contributed by atoms with Crippen LogP contribution in [0.5, 0.6) is 0 Å². The smallest absolute Gasteiger partial charge is 0.255 e. The minimum atomic E-state index is -0.170. The molecular formula is C27H23N5OS. The summed E-state index contributed by atoms with van der Waals surface area (Å²) in [6.45, 7) is 2.02. The maximum Gasteiger partial charge on any atom is 0.255 e. The molecule has 3 aromatic heterocycles. The van der Waals surface area contributed by atoms with Gasteiger partial charge in [-0.25, -0.2) is 9.97 Å². The van der Waals surface area contributed by atoms with Crippen LogP contribution in [0.1, 0.15) is 39.5 Å². The van der Waals surface area contributed by atoms with Crippen LogP contribution in [0.15, 0.2) is 78.3 Å². The van der Waals surface area contributed by atoms with Crippen LogP contribution in [0.3, 0.4) is 0 Å². The predicted molar refractivity (Wildman–Crippen MR) is 136 cm³/mol. The van der Waals surface area contributed by atoms with Gasteiger partial charge < -0.3 is 11.1 Å². The van der Waals surface area contributed by atoms with Crippen LogP contribution in [-0.2, 0) is 5.41 Å². The molecule has 0 unspecified atom stereocenters. The van der Waals surface area contributed by atoms with E-state index in [1.165, 1.54) is 0 Å². The molecule has 5 aromatic rings. The summed E-state index contributed by atoms with van der Waals surface area (Å²) in [5.41, 5.74) is 12.6. The van der Waals surface area contributed by atoms with E-state index in [9.17, 15) is 4.79 Å². The molecule has 0 atom stereocenters. The lowest BCUT2D eigenvalue weighted by Crippen LogP contribution is -2.15. The molecule has 168 valence electrons. The number of anilines is 2. The van der Waals surface area contributed by atoms with Crippen molar-refractivity contribution in [3.63, 3.8) is 0 Å². The second kappa shape index (κ2) is 7.81. The van der Waals surface area contributed by atoms with Gasteiger partial charge in [-0.15, -0.1) is 11.3 Å². The molecule has 1 saturated carbocycles. The summed E-state index contributed by atoms with van der Waals surface area (Å²) in [6, 6.07) is 21.2. The average molecular weight is 466 g/mol. The zero-order valence-electron chi connectivity index (χ0n) is 18.7. The number of nitrogens with zero attached hydrogens (tertiary/aromatic N) is 3. The number of aryl methyl sites for hydroxylation is 1. The zero-order valence-corrected chi connectivity index (χ0v) is 19.5. The van der Waals surface area contributed by atoms with Gasteiger partial charge in [0, 0.05) is 22.6 Å². The third-order valence-corrected chi connectivity index (χ3v) is 7.54. The molecule has 0 aliphatic heterocycles. The first-order chi connectivity index (χ1) is 16.5. The van der Waals surface area contributed by atoms with Crippen molar-refractivity contribution in [1.29, 1.82) is 0 Å². The van der Waals surface area contributed by atoms with Crippen LogP contribution in [0.25, 0.3) is 17.0 Å². The van der Waals surface area contributed by atoms with Gasteiger partial charge in [0.1, 0.15) is 16.3 Å². The van der Waals surface area contributed by atoms with Crippen molar-refractivity contribution in [1.82, 2.24) is 14.4 Å². The van der Waals surface area contributed by atoms with E-state index < -0.39 is 0 Å². The minimum Gasteiger partial charge on any atom is -0.397 e. The van der Waals surface area contributed by atoms with Crippen LogP contribution in [0.2, 0.25) is 0 Å². The van der Waals surface area contributed by atoms with E-state index in [1.807, 2.05) is 61.7 Å². The first kappa shape index (κ1) is 20.6. The fourth-order valence-electron chi connectivity index (χ4n) is 4.54. The highest BCUT2D eigenvalue weighted by molar-refractivity contribution is 7.10. The van der Waals surface area contributed by atoms with E-state index in [0.717, 1.165) is 46.1 Å². The van der Waals surface area contributed by atoms with Crippen LogP contribution in [0.4, 0.5) is 11.4 Å². The normalized spacial score (nSPS) is 14.3. The quantitative estimate of drug-likeness (QED) is 0.327. The number of carbonyl (C=O) groups excluding carboxylic acids is 1. The molecule has 1 aliphatic rings. The largest absolute Gasteiger partial charge is 0.397 e. The van der Waals surface area contributed by atoms with Crippen LogP contribution in [-0.4, -0.2) is 20.3 Å². The lowest BCUT2D eigenvalue weighted by atomic mass is 9.94. The number of fused-ring (bicyclic) bond motifs is 1. The predicted octanol–water partition coefficient (Wildman–Crippen LogP) is 5.68. The van der Waals surface area contributed by atoms with Gasteiger partial charge in [-0.2, -0.15) is 0 Å². The number of para-hydroxylation sites is 2. The van der Waals surface area contributed by atoms with Gasteiger partial charge in [-0.3, -0.25) is 9.20 Å². The number of nitrogens with one attached hydrogen (secondary N) is 1. The third kappa shape index (κ3) is 3.36. The Morgan fingerprint density at radius 2 is 1.88 bits per heavy atom. The van der Waals surface area contributed by atoms with E-state index in [-0.39, 0.29) is 11.3 Å². The number of imidazole rings is 1. The van der Waals surface area contributed by atoms with Crippen molar-refractivity contribution in [2.45, 2.75) is 25.2 Å². The molecule has 3 heterocycles. The highest BCUT2D eigenvalue weighted by Crippen LogP contribution is 2.55. The Morgan fingerprint density at radius 3 is 2.71 bits per heavy atom. The monoisotopic (exact) mass is 465 g/mol. The molecule has 6 rings (SSSR count). The number of thiazole rings is 1. The highest BCUT2D eigenvalue weighted by Gasteiger charge is 2.48. The zero-order chi connectivity index (χ0) is 23.3. The average Bonchev–Trinajstić information content (AvgIpc) is 3.39. The summed E-state index contributed by atoms with van der Waals surface area (Å²) in [5.74, 6) is -0.170. The minimum absolute atomic E-state index is 0.140. The topological polar surface area (TPSA) is 85.3 Å². The van der Waals surface area contributed by atoms with Crippen LogP contribution >= 0.6 is 11.3 Å². The number of benzene rings is 2. The molecule has 0 saturated heterocycles. The first-order valence-electron chi connectivity index (χ1n) is 11.2. The molecule has 0 radical (unpaired) electrons. The van der Waals surface area contributed by atoms with Crippen molar-refractivity contribution < 1.29 is 4.79 Å². The van der Waals surface area contributed by atoms with Crippen molar-refractivity contribution >= 4 is 34.3 Å². The number of nitrogens with two attached hydrogens (primary N) is 1. The molecule has 1 fully saturated rings. The number of hydrogen-bond donors (Lipinski definition) is 2. The Hall–Kier alpha value is -3.97. The summed E-state index contributed by atoms with van der Waals surface area (Å²) in [5, 5.41) is 6.12. The van der Waals surface area contributed by atoms with Crippen molar-refractivity contribution in [3.05, 3.63) is 100 Å². The van der Waals surface area contributed by atoms with Crippen molar-refractivity contribution in [2.24, 2.45) is 0 Å². The number of carbonyl (C=O) groups is 1. The van der Waals surface area contributed by atoms with E-state index in [4.69, 9.17) is 10.7 Å². The van der Waals surface area contributed by atoms with Gasteiger partial charge >= 0.3 is 0 Å². The van der Waals surface area contributed by atoms with Gasteiger partial charge in [-0.1, -0.05) is 30.3 Å². The Morgan fingerprint density at radius 1 is 1.06 bits per heavy atom. The van der Waals surface area contributed by atoms with E-state index in [0.29, 0.717) is 16.9 Å². The first-order valence-corrected chi connectivity index (χ1v) is 12.1. The number of amides is 1. The number of nitrogen functional groups attached to an aromatic ring is 1. The Kier molecular flexibility index (Phi) is 4.74. The summed E-state index contributed by atoms with van der Waals surface area (Å²) < 4.78 is 2.09. The molecule has 7 heteroatoms. The Bertz CT molecular complexity index is 1550. The van der Waals surface area contributed by atoms with Gasteiger partial charge in [0.05, 0.1) is 22.8 Å². The molecule has 6 nitrogen and oxygen atoms in total. The maximum absolute atomic E-state index is 12.9. The molecule has 34 heavy (non-hydrogen) atoms. The fourth-order valence-corrected chi connectivity index (χ4v) is 5.63. The molecule has 0 spiro atoms. The fraction of sp³-hybridized carbons (Fsp3) is 0.148. The summed E-state index contributed by atoms with van der Waals surface area (Å²) in [4.78, 5) is 22.7. The van der Waals surface area contributed by atoms with Crippen LogP contribution < -0.4 is 11.1 Å². The van der Waals surface area contributed by atoms with Crippen LogP contribution in [0, 0.1) is 6.92 Å². The number of hydrogen-bond acceptors (Lipinski definition) is 5. The standard InChI is InChI=1S/C27H23N5OS/c1-17-24(32-14-5-4-11-23(32)29-17)22-16-34-26(31-22)27(12-13-27)19-8-6-7-18(15-19)25(33)30-21-10-3-2-9-20(21)28/h2-11,14-16H,12-13,28H2,1H3,(H,30,33). The number of rotatable bonds is 5. The number of aromatic nitrogens is 3. The Labute approximate surface area is 201 Å². The summed E-state index contributed by atoms with van der Waals surface area (Å²) >= 11 is 1.68. The van der Waals surface area contributed by atoms with E-state index in [2.05, 4.69) is 26.1 Å². The summed E-state index contributed by atoms with van der Waals surface area (Å²) in [7, 11) is 0.